The van der Waals surface area contributed by atoms with Crippen molar-refractivity contribution >= 4 is 0 Å². The van der Waals surface area contributed by atoms with Crippen molar-refractivity contribution in [1.82, 2.24) is 0 Å². The highest BCUT2D eigenvalue weighted by atomic mass is 16.5. The predicted octanol–water partition coefficient (Wildman–Crippen LogP) is 2.75. The molecule has 0 unspecified atom stereocenters. The molecule has 0 aliphatic carbocycles. The fourth-order valence-electron chi connectivity index (χ4n) is 2.99. The summed E-state index contributed by atoms with van der Waals surface area (Å²) in [4.78, 5) is 0. The molecular weight excluding hydrogens is 296 g/mol. The summed E-state index contributed by atoms with van der Waals surface area (Å²) in [5.74, 6) is 2.19. The van der Waals surface area contributed by atoms with Gasteiger partial charge in [-0.1, -0.05) is 12.1 Å². The third-order valence-corrected chi connectivity index (χ3v) is 4.21. The minimum atomic E-state index is -0.700. The van der Waals surface area contributed by atoms with Crippen molar-refractivity contribution < 1.29 is 24.4 Å². The molecular formula is C18H20O5. The zero-order valence-electron chi connectivity index (χ0n) is 13.4. The van der Waals surface area contributed by atoms with Gasteiger partial charge in [-0.15, -0.1) is 0 Å². The number of hydrogen-bond donors (Lipinski definition) is 2. The van der Waals surface area contributed by atoms with Crippen LogP contribution in [0, 0.1) is 6.92 Å². The van der Waals surface area contributed by atoms with E-state index < -0.39 is 12.2 Å². The molecule has 2 N–H and O–H groups in total. The standard InChI is InChI=1S/C18H20O5/c1-10-15(21-2)9-16(22-3)13-8-14(20)18(23-17(10)13)11-4-6-12(19)7-5-11/h4-7,9,14,18-20H,8H2,1-3H3/t14-,18+/m0/s1. The molecule has 122 valence electrons. The summed E-state index contributed by atoms with van der Waals surface area (Å²) in [5.41, 5.74) is 2.52. The molecule has 0 fully saturated rings. The zero-order valence-corrected chi connectivity index (χ0v) is 13.4. The monoisotopic (exact) mass is 316 g/mol. The third kappa shape index (κ3) is 2.68. The molecule has 1 heterocycles. The Morgan fingerprint density at radius 3 is 2.35 bits per heavy atom. The molecule has 0 aromatic heterocycles. The van der Waals surface area contributed by atoms with E-state index in [0.717, 1.165) is 16.7 Å². The van der Waals surface area contributed by atoms with E-state index in [0.29, 0.717) is 23.7 Å². The summed E-state index contributed by atoms with van der Waals surface area (Å²) in [7, 11) is 3.19. The van der Waals surface area contributed by atoms with Gasteiger partial charge in [0.1, 0.15) is 29.1 Å². The first-order chi connectivity index (χ1) is 11.0. The van der Waals surface area contributed by atoms with Crippen LogP contribution in [-0.4, -0.2) is 30.5 Å². The Balaban J connectivity index is 2.05. The van der Waals surface area contributed by atoms with Gasteiger partial charge in [0.25, 0.3) is 0 Å². The van der Waals surface area contributed by atoms with Gasteiger partial charge in [0.05, 0.1) is 20.3 Å². The zero-order chi connectivity index (χ0) is 16.6. The van der Waals surface area contributed by atoms with Crippen LogP contribution in [0.3, 0.4) is 0 Å². The Hall–Kier alpha value is -2.40. The smallest absolute Gasteiger partial charge is 0.150 e. The predicted molar refractivity (Wildman–Crippen MR) is 85.5 cm³/mol. The average Bonchev–Trinajstić information content (AvgIpc) is 2.56. The van der Waals surface area contributed by atoms with Crippen LogP contribution in [0.15, 0.2) is 30.3 Å². The summed E-state index contributed by atoms with van der Waals surface area (Å²) in [6.07, 6.45) is -0.776. The number of ether oxygens (including phenoxy) is 3. The lowest BCUT2D eigenvalue weighted by Crippen LogP contribution is -2.31. The van der Waals surface area contributed by atoms with Crippen LogP contribution in [0.2, 0.25) is 0 Å². The molecule has 1 aliphatic heterocycles. The van der Waals surface area contributed by atoms with E-state index >= 15 is 0 Å². The Morgan fingerprint density at radius 1 is 1.09 bits per heavy atom. The molecule has 5 nitrogen and oxygen atoms in total. The number of aliphatic hydroxyl groups excluding tert-OH is 1. The van der Waals surface area contributed by atoms with E-state index in [9.17, 15) is 10.2 Å². The topological polar surface area (TPSA) is 68.2 Å². The quantitative estimate of drug-likeness (QED) is 0.911. The number of benzene rings is 2. The van der Waals surface area contributed by atoms with E-state index in [1.807, 2.05) is 13.0 Å². The van der Waals surface area contributed by atoms with Crippen molar-refractivity contribution in [3.8, 4) is 23.0 Å². The normalized spacial score (nSPS) is 19.7. The fourth-order valence-corrected chi connectivity index (χ4v) is 2.99. The van der Waals surface area contributed by atoms with Crippen LogP contribution in [0.25, 0.3) is 0 Å². The number of aliphatic hydroxyl groups is 1. The summed E-state index contributed by atoms with van der Waals surface area (Å²) in [6.45, 7) is 1.92. The van der Waals surface area contributed by atoms with E-state index in [2.05, 4.69) is 0 Å². The summed E-state index contributed by atoms with van der Waals surface area (Å²) < 4.78 is 16.9. The van der Waals surface area contributed by atoms with Gasteiger partial charge in [-0.25, -0.2) is 0 Å². The second-order valence-corrected chi connectivity index (χ2v) is 5.62. The van der Waals surface area contributed by atoms with Crippen molar-refractivity contribution in [2.24, 2.45) is 0 Å². The molecule has 3 rings (SSSR count). The van der Waals surface area contributed by atoms with Crippen LogP contribution in [-0.2, 0) is 6.42 Å². The lowest BCUT2D eigenvalue weighted by molar-refractivity contribution is 0.0192. The number of rotatable bonds is 3. The van der Waals surface area contributed by atoms with Crippen molar-refractivity contribution in [3.05, 3.63) is 47.0 Å². The third-order valence-electron chi connectivity index (χ3n) is 4.21. The van der Waals surface area contributed by atoms with E-state index in [4.69, 9.17) is 14.2 Å². The molecule has 2 aromatic rings. The van der Waals surface area contributed by atoms with Crippen molar-refractivity contribution in [2.75, 3.05) is 14.2 Å². The van der Waals surface area contributed by atoms with Gasteiger partial charge >= 0.3 is 0 Å². The van der Waals surface area contributed by atoms with E-state index in [1.54, 1.807) is 38.5 Å². The maximum absolute atomic E-state index is 10.5. The number of hydrogen-bond acceptors (Lipinski definition) is 5. The van der Waals surface area contributed by atoms with Gasteiger partial charge in [-0.05, 0) is 24.6 Å². The molecule has 0 bridgehead atoms. The number of phenols is 1. The van der Waals surface area contributed by atoms with Crippen LogP contribution in [0.1, 0.15) is 22.8 Å². The summed E-state index contributed by atoms with van der Waals surface area (Å²) in [5, 5.41) is 19.9. The van der Waals surface area contributed by atoms with Crippen LogP contribution >= 0.6 is 0 Å². The number of phenolic OH excluding ortho intramolecular Hbond substituents is 1. The lowest BCUT2D eigenvalue weighted by atomic mass is 9.92. The van der Waals surface area contributed by atoms with Gasteiger partial charge in [0, 0.05) is 23.6 Å². The highest BCUT2D eigenvalue weighted by Gasteiger charge is 2.33. The van der Waals surface area contributed by atoms with Gasteiger partial charge < -0.3 is 24.4 Å². The first kappa shape index (κ1) is 15.5. The molecule has 23 heavy (non-hydrogen) atoms. The molecule has 0 spiro atoms. The summed E-state index contributed by atoms with van der Waals surface area (Å²) >= 11 is 0. The van der Waals surface area contributed by atoms with Crippen molar-refractivity contribution in [2.45, 2.75) is 25.6 Å². The molecule has 1 aliphatic rings. The lowest BCUT2D eigenvalue weighted by Gasteiger charge is -2.33. The average molecular weight is 316 g/mol. The first-order valence-corrected chi connectivity index (χ1v) is 7.43. The molecule has 0 saturated heterocycles. The molecule has 2 aromatic carbocycles. The molecule has 0 amide bonds. The highest BCUT2D eigenvalue weighted by Crippen LogP contribution is 2.45. The molecule has 0 radical (unpaired) electrons. The van der Waals surface area contributed by atoms with Crippen molar-refractivity contribution in [3.63, 3.8) is 0 Å². The SMILES string of the molecule is COc1cc(OC)c2c(c1C)O[C@H](c1ccc(O)cc1)[C@@H](O)C2. The Labute approximate surface area is 135 Å². The van der Waals surface area contributed by atoms with Crippen LogP contribution in [0.4, 0.5) is 0 Å². The van der Waals surface area contributed by atoms with E-state index in [-0.39, 0.29) is 5.75 Å². The van der Waals surface area contributed by atoms with Crippen LogP contribution in [0.5, 0.6) is 23.0 Å². The van der Waals surface area contributed by atoms with Gasteiger partial charge in [0.2, 0.25) is 0 Å². The fraction of sp³-hybridized carbons (Fsp3) is 0.333. The maximum atomic E-state index is 10.5. The van der Waals surface area contributed by atoms with E-state index in [1.165, 1.54) is 0 Å². The van der Waals surface area contributed by atoms with Gasteiger partial charge in [-0.3, -0.25) is 0 Å². The van der Waals surface area contributed by atoms with Crippen LogP contribution < -0.4 is 14.2 Å². The number of methoxy groups -OCH3 is 2. The molecule has 0 saturated carbocycles. The second-order valence-electron chi connectivity index (χ2n) is 5.62. The highest BCUT2D eigenvalue weighted by molar-refractivity contribution is 5.58. The Bertz CT molecular complexity index is 708. The largest absolute Gasteiger partial charge is 0.508 e. The molecule has 2 atom stereocenters. The first-order valence-electron chi connectivity index (χ1n) is 7.43. The second kappa shape index (κ2) is 6.01. The number of fused-ring (bicyclic) bond motifs is 1. The number of aromatic hydroxyl groups is 1. The maximum Gasteiger partial charge on any atom is 0.150 e. The Kier molecular flexibility index (Phi) is 4.05. The summed E-state index contributed by atoms with van der Waals surface area (Å²) in [6, 6.07) is 8.48. The Morgan fingerprint density at radius 2 is 1.74 bits per heavy atom. The minimum Gasteiger partial charge on any atom is -0.508 e. The minimum absolute atomic E-state index is 0.180. The van der Waals surface area contributed by atoms with Crippen molar-refractivity contribution in [1.29, 1.82) is 0 Å². The molecule has 5 heteroatoms. The van der Waals surface area contributed by atoms with Gasteiger partial charge in [0.15, 0.2) is 0 Å². The van der Waals surface area contributed by atoms with Gasteiger partial charge in [-0.2, -0.15) is 0 Å².